The van der Waals surface area contributed by atoms with Crippen molar-refractivity contribution in [1.82, 2.24) is 10.6 Å². The molecule has 2 N–H and O–H groups in total. The van der Waals surface area contributed by atoms with Crippen molar-refractivity contribution in [3.63, 3.8) is 0 Å². The van der Waals surface area contributed by atoms with Gasteiger partial charge in [0.2, 0.25) is 8.87 Å². The fourth-order valence-electron chi connectivity index (χ4n) is 0.557. The van der Waals surface area contributed by atoms with Crippen LogP contribution in [0.4, 0.5) is 0 Å². The maximum atomic E-state index is 11.2. The highest BCUT2D eigenvalue weighted by Crippen LogP contribution is 2.10. The maximum absolute atomic E-state index is 11.2. The molecule has 0 aliphatic rings. The molecule has 0 fully saturated rings. The van der Waals surface area contributed by atoms with E-state index in [9.17, 15) is 8.42 Å². The summed E-state index contributed by atoms with van der Waals surface area (Å²) in [5.74, 6) is 0.820. The third kappa shape index (κ3) is 12.8. The highest BCUT2D eigenvalue weighted by Gasteiger charge is 2.09. The van der Waals surface area contributed by atoms with Crippen molar-refractivity contribution < 1.29 is 8.42 Å². The Bertz CT molecular complexity index is 200. The second-order valence-corrected chi connectivity index (χ2v) is 6.69. The molecule has 8 heteroatoms. The molecule has 0 bridgehead atoms. The monoisotopic (exact) mass is 284 g/mol. The standard InChI is InChI=1S/C6H16N2O2S2.2ClH/c1-7-3-5-11-12(9,10)6-4-8-2;;/h7-8H,3-6H2,1-2H3;2*1H. The molecule has 4 nitrogen and oxygen atoms in total. The second-order valence-electron chi connectivity index (χ2n) is 2.29. The molecule has 0 rings (SSSR count). The Morgan fingerprint density at radius 2 is 1.57 bits per heavy atom. The molecule has 0 unspecified atom stereocenters. The minimum atomic E-state index is -2.90. The molecule has 0 atom stereocenters. The lowest BCUT2D eigenvalue weighted by molar-refractivity contribution is 0.608. The van der Waals surface area contributed by atoms with Crippen LogP contribution < -0.4 is 10.6 Å². The minimum Gasteiger partial charge on any atom is -0.319 e. The normalized spacial score (nSPS) is 10.1. The van der Waals surface area contributed by atoms with E-state index in [2.05, 4.69) is 10.6 Å². The molecule has 0 aliphatic carbocycles. The number of rotatable bonds is 7. The van der Waals surface area contributed by atoms with E-state index < -0.39 is 8.87 Å². The van der Waals surface area contributed by atoms with Crippen molar-refractivity contribution in [2.24, 2.45) is 0 Å². The second kappa shape index (κ2) is 11.9. The van der Waals surface area contributed by atoms with Gasteiger partial charge in [-0.1, -0.05) is 0 Å². The first-order chi connectivity index (χ1) is 5.62. The van der Waals surface area contributed by atoms with Gasteiger partial charge in [0.05, 0.1) is 5.75 Å². The van der Waals surface area contributed by atoms with Crippen LogP contribution in [0.15, 0.2) is 0 Å². The topological polar surface area (TPSA) is 58.2 Å². The van der Waals surface area contributed by atoms with Crippen LogP contribution >= 0.6 is 35.6 Å². The predicted octanol–water partition coefficient (Wildman–Crippen LogP) is 0.332. The Morgan fingerprint density at radius 3 is 2.00 bits per heavy atom. The summed E-state index contributed by atoms with van der Waals surface area (Å²) in [5.41, 5.74) is 0. The van der Waals surface area contributed by atoms with Gasteiger partial charge in [-0.3, -0.25) is 0 Å². The van der Waals surface area contributed by atoms with E-state index in [1.165, 1.54) is 0 Å². The van der Waals surface area contributed by atoms with E-state index in [1.807, 2.05) is 0 Å². The van der Waals surface area contributed by atoms with Crippen LogP contribution in [0.2, 0.25) is 0 Å². The summed E-state index contributed by atoms with van der Waals surface area (Å²) in [6, 6.07) is 0. The smallest absolute Gasteiger partial charge is 0.202 e. The first kappa shape index (κ1) is 20.2. The molecule has 0 amide bonds. The van der Waals surface area contributed by atoms with Gasteiger partial charge in [-0.2, -0.15) is 0 Å². The van der Waals surface area contributed by atoms with Gasteiger partial charge in [0.1, 0.15) is 0 Å². The molecule has 14 heavy (non-hydrogen) atoms. The Kier molecular flexibility index (Phi) is 17.2. The molecule has 0 saturated heterocycles. The van der Waals surface area contributed by atoms with Gasteiger partial charge in [0.25, 0.3) is 0 Å². The van der Waals surface area contributed by atoms with Gasteiger partial charge in [0, 0.05) is 18.8 Å². The van der Waals surface area contributed by atoms with Crippen molar-refractivity contribution in [3.05, 3.63) is 0 Å². The van der Waals surface area contributed by atoms with E-state index in [1.54, 1.807) is 14.1 Å². The highest BCUT2D eigenvalue weighted by atomic mass is 35.5. The molecule has 0 spiro atoms. The third-order valence-corrected chi connectivity index (χ3v) is 4.73. The largest absolute Gasteiger partial charge is 0.319 e. The molecule has 0 aromatic carbocycles. The van der Waals surface area contributed by atoms with Gasteiger partial charge in [0.15, 0.2) is 0 Å². The van der Waals surface area contributed by atoms with Crippen LogP contribution in [0.25, 0.3) is 0 Å². The summed E-state index contributed by atoms with van der Waals surface area (Å²) in [5, 5.41) is 5.70. The highest BCUT2D eigenvalue weighted by molar-refractivity contribution is 8.72. The van der Waals surface area contributed by atoms with Crippen molar-refractivity contribution >= 4 is 44.5 Å². The zero-order valence-corrected chi connectivity index (χ0v) is 11.5. The van der Waals surface area contributed by atoms with Gasteiger partial charge < -0.3 is 10.6 Å². The molecular formula is C6H18Cl2N2O2S2. The fraction of sp³-hybridized carbons (Fsp3) is 1.00. The maximum Gasteiger partial charge on any atom is 0.202 e. The Labute approximate surface area is 102 Å². The van der Waals surface area contributed by atoms with Gasteiger partial charge >= 0.3 is 0 Å². The number of nitrogens with one attached hydrogen (secondary N) is 2. The van der Waals surface area contributed by atoms with E-state index in [0.29, 0.717) is 12.3 Å². The van der Waals surface area contributed by atoms with E-state index in [0.717, 1.165) is 17.3 Å². The first-order valence-electron chi connectivity index (χ1n) is 3.78. The Hall–Kier alpha value is 0.800. The quantitative estimate of drug-likeness (QED) is 0.521. The minimum absolute atomic E-state index is 0. The first-order valence-corrected chi connectivity index (χ1v) is 6.94. The van der Waals surface area contributed by atoms with Crippen molar-refractivity contribution in [1.29, 1.82) is 0 Å². The van der Waals surface area contributed by atoms with Crippen LogP contribution in [0, 0.1) is 0 Å². The van der Waals surface area contributed by atoms with Crippen LogP contribution in [-0.4, -0.2) is 47.1 Å². The lowest BCUT2D eigenvalue weighted by Crippen LogP contribution is -2.18. The molecule has 0 aromatic heterocycles. The average molecular weight is 285 g/mol. The van der Waals surface area contributed by atoms with Crippen molar-refractivity contribution in [3.8, 4) is 0 Å². The van der Waals surface area contributed by atoms with E-state index in [-0.39, 0.29) is 30.6 Å². The molecule has 0 aromatic rings. The summed E-state index contributed by atoms with van der Waals surface area (Å²) in [4.78, 5) is 0. The van der Waals surface area contributed by atoms with Crippen molar-refractivity contribution in [2.45, 2.75) is 0 Å². The third-order valence-electron chi connectivity index (χ3n) is 1.22. The zero-order valence-electron chi connectivity index (χ0n) is 8.28. The lowest BCUT2D eigenvalue weighted by Gasteiger charge is -2.02. The average Bonchev–Trinajstić information content (AvgIpc) is 2.01. The molecular weight excluding hydrogens is 267 g/mol. The summed E-state index contributed by atoms with van der Waals surface area (Å²) in [6.07, 6.45) is 0. The SMILES string of the molecule is CNCCSS(=O)(=O)CCNC.Cl.Cl. The van der Waals surface area contributed by atoms with Gasteiger partial charge in [-0.05, 0) is 24.9 Å². The van der Waals surface area contributed by atoms with E-state index >= 15 is 0 Å². The number of hydrogen-bond acceptors (Lipinski definition) is 5. The Morgan fingerprint density at radius 1 is 1.07 bits per heavy atom. The fourth-order valence-corrected chi connectivity index (χ4v) is 3.29. The number of halogens is 2. The summed E-state index contributed by atoms with van der Waals surface area (Å²) < 4.78 is 22.3. The molecule has 0 radical (unpaired) electrons. The van der Waals surface area contributed by atoms with Gasteiger partial charge in [-0.15, -0.1) is 24.8 Å². The molecule has 0 heterocycles. The van der Waals surface area contributed by atoms with E-state index in [4.69, 9.17) is 0 Å². The van der Waals surface area contributed by atoms with Crippen LogP contribution in [-0.2, 0) is 8.87 Å². The summed E-state index contributed by atoms with van der Waals surface area (Å²) >= 11 is 0. The summed E-state index contributed by atoms with van der Waals surface area (Å²) in [7, 11) is 1.66. The van der Waals surface area contributed by atoms with Crippen LogP contribution in [0.1, 0.15) is 0 Å². The lowest BCUT2D eigenvalue weighted by atomic mass is 10.8. The van der Waals surface area contributed by atoms with Gasteiger partial charge in [-0.25, -0.2) is 8.42 Å². The molecule has 0 aliphatic heterocycles. The summed E-state index contributed by atoms with van der Waals surface area (Å²) in [6.45, 7) is 1.25. The molecule has 0 saturated carbocycles. The predicted molar refractivity (Wildman–Crippen MR) is 68.6 cm³/mol. The molecule has 90 valence electrons. The van der Waals surface area contributed by atoms with Crippen molar-refractivity contribution in [2.75, 3.05) is 38.7 Å². The number of hydrogen-bond donors (Lipinski definition) is 2. The van der Waals surface area contributed by atoms with Crippen LogP contribution in [0.3, 0.4) is 0 Å². The Balaban J connectivity index is -0.000000605. The zero-order chi connectivity index (χ0) is 9.45. The van der Waals surface area contributed by atoms with Crippen LogP contribution in [0.5, 0.6) is 0 Å².